The Balaban J connectivity index is 2.28. The zero-order valence-electron chi connectivity index (χ0n) is 7.02. The van der Waals surface area contributed by atoms with Gasteiger partial charge in [0.15, 0.2) is 3.95 Å². The van der Waals surface area contributed by atoms with Crippen LogP contribution in [0.25, 0.3) is 0 Å². The summed E-state index contributed by atoms with van der Waals surface area (Å²) < 4.78 is 0.915. The first kappa shape index (κ1) is 8.41. The average molecular weight is 200 g/mol. The molecule has 0 unspecified atom stereocenters. The molecule has 0 spiro atoms. The van der Waals surface area contributed by atoms with Crippen LogP contribution in [0.3, 0.4) is 0 Å². The van der Waals surface area contributed by atoms with Crippen molar-refractivity contribution in [3.8, 4) is 0 Å². The molecule has 2 rings (SSSR count). The lowest BCUT2D eigenvalue weighted by Crippen LogP contribution is -2.34. The third kappa shape index (κ3) is 1.46. The van der Waals surface area contributed by atoms with Gasteiger partial charge >= 0.3 is 0 Å². The molecule has 0 fully saturated rings. The Morgan fingerprint density at radius 2 is 2.50 bits per heavy atom. The highest BCUT2D eigenvalue weighted by molar-refractivity contribution is 7.73. The van der Waals surface area contributed by atoms with Crippen molar-refractivity contribution in [3.63, 3.8) is 0 Å². The monoisotopic (exact) mass is 200 g/mol. The van der Waals surface area contributed by atoms with Crippen molar-refractivity contribution < 1.29 is 0 Å². The summed E-state index contributed by atoms with van der Waals surface area (Å²) >= 11 is 6.79. The Morgan fingerprint density at radius 1 is 1.67 bits per heavy atom. The van der Waals surface area contributed by atoms with Crippen LogP contribution in [0.1, 0.15) is 23.9 Å². The molecule has 1 aromatic rings. The van der Waals surface area contributed by atoms with E-state index in [4.69, 9.17) is 12.2 Å². The smallest absolute Gasteiger partial charge is 0.158 e. The summed E-state index contributed by atoms with van der Waals surface area (Å²) in [6.45, 7) is 3.20. The van der Waals surface area contributed by atoms with Crippen molar-refractivity contribution in [3.05, 3.63) is 14.5 Å². The quantitative estimate of drug-likeness (QED) is 0.680. The first-order valence-corrected chi connectivity index (χ1v) is 5.46. The predicted molar refractivity (Wildman–Crippen MR) is 54.1 cm³/mol. The molecule has 0 radical (unpaired) electrons. The predicted octanol–water partition coefficient (Wildman–Crippen LogP) is 2.23. The highest BCUT2D eigenvalue weighted by Crippen LogP contribution is 2.21. The zero-order valence-corrected chi connectivity index (χ0v) is 8.65. The molecule has 4 heteroatoms. The second kappa shape index (κ2) is 3.28. The molecule has 2 nitrogen and oxygen atoms in total. The van der Waals surface area contributed by atoms with Gasteiger partial charge in [0.05, 0.1) is 0 Å². The van der Waals surface area contributed by atoms with Crippen LogP contribution in [-0.4, -0.2) is 11.0 Å². The van der Waals surface area contributed by atoms with Crippen LogP contribution in [0, 0.1) is 3.95 Å². The third-order valence-corrected chi connectivity index (χ3v) is 3.58. The highest BCUT2D eigenvalue weighted by atomic mass is 32.1. The summed E-state index contributed by atoms with van der Waals surface area (Å²) in [4.78, 5) is 4.65. The summed E-state index contributed by atoms with van der Waals surface area (Å²) in [5, 5.41) is 3.48. The first-order chi connectivity index (χ1) is 5.79. The number of rotatable bonds is 1. The Kier molecular flexibility index (Phi) is 2.30. The van der Waals surface area contributed by atoms with E-state index in [1.807, 2.05) is 0 Å². The largest absolute Gasteiger partial charge is 0.341 e. The van der Waals surface area contributed by atoms with Crippen molar-refractivity contribution in [2.24, 2.45) is 0 Å². The number of aromatic amines is 1. The van der Waals surface area contributed by atoms with E-state index in [0.717, 1.165) is 16.9 Å². The molecule has 0 bridgehead atoms. The molecular weight excluding hydrogens is 188 g/mol. The van der Waals surface area contributed by atoms with Crippen LogP contribution in [0.15, 0.2) is 0 Å². The van der Waals surface area contributed by atoms with E-state index in [1.54, 1.807) is 11.3 Å². The number of fused-ring (bicyclic) bond motifs is 1. The van der Waals surface area contributed by atoms with Crippen LogP contribution < -0.4 is 5.32 Å². The minimum absolute atomic E-state index is 0.637. The van der Waals surface area contributed by atoms with E-state index in [9.17, 15) is 0 Å². The van der Waals surface area contributed by atoms with E-state index >= 15 is 0 Å². The lowest BCUT2D eigenvalue weighted by molar-refractivity contribution is 0.467. The van der Waals surface area contributed by atoms with Gasteiger partial charge in [-0.1, -0.05) is 6.92 Å². The van der Waals surface area contributed by atoms with Gasteiger partial charge in [0.1, 0.15) is 0 Å². The summed E-state index contributed by atoms with van der Waals surface area (Å²) in [6, 6.07) is 0.637. The number of hydrogen-bond donors (Lipinski definition) is 2. The van der Waals surface area contributed by atoms with E-state index in [0.29, 0.717) is 6.04 Å². The molecule has 1 atom stereocenters. The van der Waals surface area contributed by atoms with E-state index in [2.05, 4.69) is 17.2 Å². The lowest BCUT2D eigenvalue weighted by Gasteiger charge is -2.21. The van der Waals surface area contributed by atoms with E-state index < -0.39 is 0 Å². The zero-order chi connectivity index (χ0) is 8.55. The maximum Gasteiger partial charge on any atom is 0.158 e. The Morgan fingerprint density at radius 3 is 3.25 bits per heavy atom. The minimum atomic E-state index is 0.637. The fourth-order valence-corrected chi connectivity index (χ4v) is 2.78. The first-order valence-electron chi connectivity index (χ1n) is 4.24. The van der Waals surface area contributed by atoms with Crippen LogP contribution in [-0.2, 0) is 13.0 Å². The van der Waals surface area contributed by atoms with Gasteiger partial charge in [-0.15, -0.1) is 11.3 Å². The van der Waals surface area contributed by atoms with Crippen molar-refractivity contribution >= 4 is 23.6 Å². The molecule has 0 saturated heterocycles. The number of hydrogen-bond acceptors (Lipinski definition) is 3. The molecule has 0 aromatic carbocycles. The molecule has 2 heterocycles. The molecule has 0 aliphatic carbocycles. The fraction of sp³-hybridized carbons (Fsp3) is 0.625. The maximum atomic E-state index is 5.09. The van der Waals surface area contributed by atoms with Crippen LogP contribution in [0.4, 0.5) is 0 Å². The Hall–Kier alpha value is -0.190. The van der Waals surface area contributed by atoms with Crippen molar-refractivity contribution in [2.45, 2.75) is 32.4 Å². The summed E-state index contributed by atoms with van der Waals surface area (Å²) in [7, 11) is 0. The number of aromatic nitrogens is 1. The van der Waals surface area contributed by atoms with Gasteiger partial charge in [-0.05, 0) is 18.6 Å². The Labute approximate surface area is 81.0 Å². The second-order valence-electron chi connectivity index (χ2n) is 3.11. The summed E-state index contributed by atoms with van der Waals surface area (Å²) in [6.07, 6.45) is 2.30. The third-order valence-electron chi connectivity index (χ3n) is 2.30. The van der Waals surface area contributed by atoms with E-state index in [-0.39, 0.29) is 0 Å². The molecule has 2 N–H and O–H groups in total. The summed E-state index contributed by atoms with van der Waals surface area (Å²) in [5.41, 5.74) is 1.36. The van der Waals surface area contributed by atoms with Crippen LogP contribution in [0.2, 0.25) is 0 Å². The fourth-order valence-electron chi connectivity index (χ4n) is 1.54. The van der Waals surface area contributed by atoms with Crippen LogP contribution >= 0.6 is 23.6 Å². The normalized spacial score (nSPS) is 22.2. The number of nitrogens with one attached hydrogen (secondary N) is 2. The molecule has 1 aliphatic rings. The molecule has 1 aromatic heterocycles. The molecule has 0 saturated carbocycles. The SMILES string of the molecule is CC[C@@H]1Cc2[nH]c(=S)sc2CN1. The van der Waals surface area contributed by atoms with Gasteiger partial charge < -0.3 is 10.3 Å². The number of thiazole rings is 1. The molecule has 1 aliphatic heterocycles. The Bertz CT molecular complexity index is 326. The highest BCUT2D eigenvalue weighted by Gasteiger charge is 2.17. The second-order valence-corrected chi connectivity index (χ2v) is 4.88. The van der Waals surface area contributed by atoms with Crippen molar-refractivity contribution in [1.29, 1.82) is 0 Å². The molecule has 12 heavy (non-hydrogen) atoms. The van der Waals surface area contributed by atoms with Crippen molar-refractivity contribution in [2.75, 3.05) is 0 Å². The summed E-state index contributed by atoms with van der Waals surface area (Å²) in [5.74, 6) is 0. The maximum absolute atomic E-state index is 5.09. The topological polar surface area (TPSA) is 27.8 Å². The van der Waals surface area contributed by atoms with E-state index in [1.165, 1.54) is 17.0 Å². The molecule has 66 valence electrons. The van der Waals surface area contributed by atoms with Gasteiger partial charge in [0.2, 0.25) is 0 Å². The average Bonchev–Trinajstić information content (AvgIpc) is 2.43. The van der Waals surface area contributed by atoms with Crippen LogP contribution in [0.5, 0.6) is 0 Å². The van der Waals surface area contributed by atoms with Gasteiger partial charge in [0.25, 0.3) is 0 Å². The van der Waals surface area contributed by atoms with Gasteiger partial charge in [-0.2, -0.15) is 0 Å². The molecular formula is C8H12N2S2. The molecule has 0 amide bonds. The van der Waals surface area contributed by atoms with Gasteiger partial charge in [-0.3, -0.25) is 0 Å². The minimum Gasteiger partial charge on any atom is -0.341 e. The lowest BCUT2D eigenvalue weighted by atomic mass is 10.0. The number of H-pyrrole nitrogens is 1. The van der Waals surface area contributed by atoms with Crippen molar-refractivity contribution in [1.82, 2.24) is 10.3 Å². The standard InChI is InChI=1S/C8H12N2S2/c1-2-5-3-6-7(4-9-5)12-8(11)10-6/h5,9H,2-4H2,1H3,(H,10,11)/t5-/m1/s1. The van der Waals surface area contributed by atoms with Gasteiger partial charge in [-0.25, -0.2) is 0 Å². The van der Waals surface area contributed by atoms with Gasteiger partial charge in [0, 0.05) is 29.6 Å².